The maximum absolute atomic E-state index is 2.47. The minimum absolute atomic E-state index is 1.10. The molecule has 0 aliphatic heterocycles. The standard InChI is InChI=1S/C58H37NS2/c1-2-16-38(17-3-1)44-27-12-18-39-19-13-30-50(56(39)44)47-24-4-7-33-53(47)59(42-22-10-20-40(36-42)45-28-14-31-51-48-25-5-8-34-54(48)60-57(45)51)43-23-11-21-41(37-43)46-29-15-32-52-49-26-6-9-35-55(49)61-58(46)52/h1-37H. The zero-order chi connectivity index (χ0) is 40.3. The van der Waals surface area contributed by atoms with Gasteiger partial charge in [0.1, 0.15) is 0 Å². The molecule has 0 atom stereocenters. The van der Waals surface area contributed by atoms with Crippen molar-refractivity contribution >= 4 is 90.9 Å². The van der Waals surface area contributed by atoms with Crippen LogP contribution in [0.15, 0.2) is 224 Å². The van der Waals surface area contributed by atoms with Crippen molar-refractivity contribution in [3.05, 3.63) is 224 Å². The molecule has 61 heavy (non-hydrogen) atoms. The second-order valence-electron chi connectivity index (χ2n) is 15.6. The number of thiophene rings is 2. The van der Waals surface area contributed by atoms with Crippen molar-refractivity contribution in [3.8, 4) is 44.5 Å². The Bertz CT molecular complexity index is 3450. The predicted octanol–water partition coefficient (Wildman–Crippen LogP) is 17.7. The summed E-state index contributed by atoms with van der Waals surface area (Å²) in [6, 6.07) is 82.5. The zero-order valence-electron chi connectivity index (χ0n) is 33.1. The largest absolute Gasteiger partial charge is 0.310 e. The average Bonchev–Trinajstić information content (AvgIpc) is 3.91. The second-order valence-corrected chi connectivity index (χ2v) is 17.7. The van der Waals surface area contributed by atoms with Crippen LogP contribution in [-0.4, -0.2) is 0 Å². The maximum atomic E-state index is 2.47. The van der Waals surface area contributed by atoms with E-state index in [1.54, 1.807) is 0 Å². The molecule has 12 aromatic rings. The van der Waals surface area contributed by atoms with Crippen LogP contribution in [-0.2, 0) is 0 Å². The molecular weight excluding hydrogens is 775 g/mol. The average molecular weight is 812 g/mol. The van der Waals surface area contributed by atoms with E-state index in [1.807, 2.05) is 22.7 Å². The molecule has 0 saturated heterocycles. The van der Waals surface area contributed by atoms with Crippen LogP contribution in [0.4, 0.5) is 17.1 Å². The molecular formula is C58H37NS2. The predicted molar refractivity (Wildman–Crippen MR) is 266 cm³/mol. The van der Waals surface area contributed by atoms with Gasteiger partial charge < -0.3 is 4.90 Å². The molecule has 0 unspecified atom stereocenters. The SMILES string of the molecule is c1ccc(-c2cccc3cccc(-c4ccccc4N(c4cccc(-c5cccc6c5sc5ccccc56)c4)c4cccc(-c5cccc6c5sc5ccccc56)c4)c23)cc1. The summed E-state index contributed by atoms with van der Waals surface area (Å²) in [5, 5.41) is 7.70. The van der Waals surface area contributed by atoms with Crippen molar-refractivity contribution < 1.29 is 0 Å². The fraction of sp³-hybridized carbons (Fsp3) is 0. The van der Waals surface area contributed by atoms with E-state index >= 15 is 0 Å². The Hall–Kier alpha value is -7.30. The van der Waals surface area contributed by atoms with Crippen molar-refractivity contribution in [2.45, 2.75) is 0 Å². The van der Waals surface area contributed by atoms with E-state index in [4.69, 9.17) is 0 Å². The smallest absolute Gasteiger partial charge is 0.0540 e. The first-order valence-corrected chi connectivity index (χ1v) is 22.4. The number of rotatable bonds is 7. The van der Waals surface area contributed by atoms with Gasteiger partial charge in [-0.2, -0.15) is 0 Å². The van der Waals surface area contributed by atoms with Crippen LogP contribution in [0.2, 0.25) is 0 Å². The van der Waals surface area contributed by atoms with E-state index in [9.17, 15) is 0 Å². The number of benzene rings is 10. The third-order valence-electron chi connectivity index (χ3n) is 12.1. The first-order chi connectivity index (χ1) is 30.3. The lowest BCUT2D eigenvalue weighted by Crippen LogP contribution is -2.11. The summed E-state index contributed by atoms with van der Waals surface area (Å²) >= 11 is 3.76. The summed E-state index contributed by atoms with van der Waals surface area (Å²) in [5.41, 5.74) is 13.0. The van der Waals surface area contributed by atoms with Gasteiger partial charge >= 0.3 is 0 Å². The Balaban J connectivity index is 1.09. The maximum Gasteiger partial charge on any atom is 0.0540 e. The van der Waals surface area contributed by atoms with E-state index in [1.165, 1.54) is 95.6 Å². The highest BCUT2D eigenvalue weighted by Crippen LogP contribution is 2.48. The second kappa shape index (κ2) is 14.8. The van der Waals surface area contributed by atoms with Gasteiger partial charge in [-0.15, -0.1) is 22.7 Å². The first kappa shape index (κ1) is 35.6. The van der Waals surface area contributed by atoms with Crippen molar-refractivity contribution in [2.24, 2.45) is 0 Å². The van der Waals surface area contributed by atoms with Gasteiger partial charge in [0.25, 0.3) is 0 Å². The highest BCUT2D eigenvalue weighted by molar-refractivity contribution is 7.26. The number of nitrogens with zero attached hydrogens (tertiary/aromatic N) is 1. The number of fused-ring (bicyclic) bond motifs is 7. The number of hydrogen-bond acceptors (Lipinski definition) is 3. The Labute approximate surface area is 362 Å². The van der Waals surface area contributed by atoms with Crippen LogP contribution in [0.3, 0.4) is 0 Å². The third kappa shape index (κ3) is 6.04. The lowest BCUT2D eigenvalue weighted by Gasteiger charge is -2.29. The molecule has 0 fully saturated rings. The zero-order valence-corrected chi connectivity index (χ0v) is 34.8. The Morgan fingerprint density at radius 3 is 1.36 bits per heavy atom. The van der Waals surface area contributed by atoms with Crippen molar-refractivity contribution in [3.63, 3.8) is 0 Å². The quantitative estimate of drug-likeness (QED) is 0.155. The van der Waals surface area contributed by atoms with Crippen molar-refractivity contribution in [1.29, 1.82) is 0 Å². The van der Waals surface area contributed by atoms with Gasteiger partial charge in [0.05, 0.1) is 5.69 Å². The lowest BCUT2D eigenvalue weighted by atomic mass is 9.90. The fourth-order valence-electron chi connectivity index (χ4n) is 9.32. The van der Waals surface area contributed by atoms with Crippen LogP contribution in [0.25, 0.3) is 95.6 Å². The van der Waals surface area contributed by atoms with Gasteiger partial charge in [-0.25, -0.2) is 0 Å². The molecule has 2 aromatic heterocycles. The van der Waals surface area contributed by atoms with E-state index in [0.29, 0.717) is 0 Å². The van der Waals surface area contributed by atoms with E-state index < -0.39 is 0 Å². The van der Waals surface area contributed by atoms with E-state index in [2.05, 4.69) is 229 Å². The molecule has 0 radical (unpaired) electrons. The van der Waals surface area contributed by atoms with Crippen molar-refractivity contribution in [2.75, 3.05) is 4.90 Å². The summed E-state index contributed by atoms with van der Waals surface area (Å²) < 4.78 is 5.25. The van der Waals surface area contributed by atoms with Crippen molar-refractivity contribution in [1.82, 2.24) is 0 Å². The van der Waals surface area contributed by atoms with Crippen LogP contribution < -0.4 is 4.90 Å². The van der Waals surface area contributed by atoms with Gasteiger partial charge in [0.15, 0.2) is 0 Å². The Kier molecular flexibility index (Phi) is 8.62. The van der Waals surface area contributed by atoms with Crippen LogP contribution in [0, 0.1) is 0 Å². The van der Waals surface area contributed by atoms with E-state index in [0.717, 1.165) is 17.1 Å². The third-order valence-corrected chi connectivity index (χ3v) is 14.5. The molecule has 3 heteroatoms. The van der Waals surface area contributed by atoms with Crippen LogP contribution in [0.5, 0.6) is 0 Å². The first-order valence-electron chi connectivity index (χ1n) is 20.7. The molecule has 286 valence electrons. The normalized spacial score (nSPS) is 11.6. The molecule has 1 nitrogen and oxygen atoms in total. The number of para-hydroxylation sites is 1. The van der Waals surface area contributed by atoms with Gasteiger partial charge in [-0.05, 0) is 92.2 Å². The topological polar surface area (TPSA) is 3.24 Å². The summed E-state index contributed by atoms with van der Waals surface area (Å²) in [4.78, 5) is 2.47. The molecule has 12 rings (SSSR count). The molecule has 0 aliphatic rings. The van der Waals surface area contributed by atoms with E-state index in [-0.39, 0.29) is 0 Å². The number of hydrogen-bond donors (Lipinski definition) is 0. The molecule has 0 saturated carbocycles. The Morgan fingerprint density at radius 2 is 0.738 bits per heavy atom. The highest BCUT2D eigenvalue weighted by Gasteiger charge is 2.22. The molecule has 0 bridgehead atoms. The number of anilines is 3. The van der Waals surface area contributed by atoms with Gasteiger partial charge in [0.2, 0.25) is 0 Å². The van der Waals surface area contributed by atoms with Crippen LogP contribution in [0.1, 0.15) is 0 Å². The molecule has 10 aromatic carbocycles. The van der Waals surface area contributed by atoms with Gasteiger partial charge in [-0.3, -0.25) is 0 Å². The summed E-state index contributed by atoms with van der Waals surface area (Å²) in [6.07, 6.45) is 0. The molecule has 0 amide bonds. The molecule has 0 aliphatic carbocycles. The molecule has 0 spiro atoms. The fourth-order valence-corrected chi connectivity index (χ4v) is 11.8. The monoisotopic (exact) mass is 811 g/mol. The van der Waals surface area contributed by atoms with Gasteiger partial charge in [0, 0.05) is 57.3 Å². The summed E-state index contributed by atoms with van der Waals surface area (Å²) in [7, 11) is 0. The minimum Gasteiger partial charge on any atom is -0.310 e. The van der Waals surface area contributed by atoms with Gasteiger partial charge in [-0.1, -0.05) is 182 Å². The van der Waals surface area contributed by atoms with Crippen LogP contribution >= 0.6 is 22.7 Å². The Morgan fingerprint density at radius 1 is 0.295 bits per heavy atom. The molecule has 2 heterocycles. The molecule has 0 N–H and O–H groups in total. The lowest BCUT2D eigenvalue weighted by molar-refractivity contribution is 1.28. The summed E-state index contributed by atoms with van der Waals surface area (Å²) in [6.45, 7) is 0. The highest BCUT2D eigenvalue weighted by atomic mass is 32.1. The minimum atomic E-state index is 1.10. The summed E-state index contributed by atoms with van der Waals surface area (Å²) in [5.74, 6) is 0.